The summed E-state index contributed by atoms with van der Waals surface area (Å²) in [6.45, 7) is 1.90. The Balaban J connectivity index is 0.000000179. The highest BCUT2D eigenvalue weighted by Crippen LogP contribution is 2.32. The zero-order valence-electron chi connectivity index (χ0n) is 24.5. The molecule has 4 heterocycles. The molecule has 6 nitrogen and oxygen atoms in total. The van der Waals surface area contributed by atoms with Crippen LogP contribution in [0.4, 0.5) is 0 Å². The van der Waals surface area contributed by atoms with Gasteiger partial charge in [0.2, 0.25) is 12.3 Å². The SMILES string of the molecule is CC(=O)c1ccc2c(c1)[nH]c1ccccc12.O=C(C[n+]1ccccc1)c1ccc2c3ccccc3n(-c3ccccn3)c2c1.[I-]. The van der Waals surface area contributed by atoms with Gasteiger partial charge in [0.25, 0.3) is 0 Å². The van der Waals surface area contributed by atoms with Crippen molar-refractivity contribution >= 4 is 55.2 Å². The maximum absolute atomic E-state index is 12.9. The minimum absolute atomic E-state index is 0. The molecule has 4 aromatic carbocycles. The predicted octanol–water partition coefficient (Wildman–Crippen LogP) is 4.88. The summed E-state index contributed by atoms with van der Waals surface area (Å²) in [5.74, 6) is 1.02. The van der Waals surface area contributed by atoms with E-state index in [0.717, 1.165) is 44.2 Å². The van der Waals surface area contributed by atoms with Crippen LogP contribution < -0.4 is 28.5 Å². The average Bonchev–Trinajstić information content (AvgIpc) is 3.61. The fourth-order valence-corrected chi connectivity index (χ4v) is 5.75. The zero-order chi connectivity index (χ0) is 30.0. The van der Waals surface area contributed by atoms with E-state index >= 15 is 0 Å². The van der Waals surface area contributed by atoms with Crippen molar-refractivity contribution in [3.05, 3.63) is 151 Å². The molecule has 45 heavy (non-hydrogen) atoms. The van der Waals surface area contributed by atoms with Crippen LogP contribution in [-0.4, -0.2) is 26.1 Å². The van der Waals surface area contributed by atoms with Gasteiger partial charge < -0.3 is 29.0 Å². The molecule has 8 rings (SSSR count). The number of para-hydroxylation sites is 2. The lowest BCUT2D eigenvalue weighted by Crippen LogP contribution is -3.00. The summed E-state index contributed by atoms with van der Waals surface area (Å²) in [4.78, 5) is 32.0. The number of pyridine rings is 2. The molecule has 0 unspecified atom stereocenters. The summed E-state index contributed by atoms with van der Waals surface area (Å²) in [7, 11) is 0. The van der Waals surface area contributed by atoms with Crippen LogP contribution in [0.25, 0.3) is 49.4 Å². The Morgan fingerprint density at radius 2 is 1.33 bits per heavy atom. The number of hydrogen-bond acceptors (Lipinski definition) is 3. The van der Waals surface area contributed by atoms with Gasteiger partial charge in [0.05, 0.1) is 11.0 Å². The molecule has 0 saturated carbocycles. The quantitative estimate of drug-likeness (QED) is 0.158. The van der Waals surface area contributed by atoms with Crippen LogP contribution in [0.5, 0.6) is 0 Å². The highest BCUT2D eigenvalue weighted by molar-refractivity contribution is 6.11. The molecule has 0 aliphatic heterocycles. The average molecular weight is 701 g/mol. The second kappa shape index (κ2) is 12.8. The van der Waals surface area contributed by atoms with Gasteiger partial charge in [-0.2, -0.15) is 4.57 Å². The third kappa shape index (κ3) is 5.86. The Bertz CT molecular complexity index is 2310. The summed E-state index contributed by atoms with van der Waals surface area (Å²) in [6, 6.07) is 39.8. The van der Waals surface area contributed by atoms with Crippen molar-refractivity contribution in [1.29, 1.82) is 0 Å². The van der Waals surface area contributed by atoms with Crippen molar-refractivity contribution < 1.29 is 38.1 Å². The number of fused-ring (bicyclic) bond motifs is 6. The van der Waals surface area contributed by atoms with Crippen molar-refractivity contribution in [2.24, 2.45) is 0 Å². The Hall–Kier alpha value is -5.15. The van der Waals surface area contributed by atoms with Crippen LogP contribution in [0.1, 0.15) is 27.6 Å². The van der Waals surface area contributed by atoms with E-state index in [1.54, 1.807) is 13.1 Å². The van der Waals surface area contributed by atoms with Crippen molar-refractivity contribution in [2.45, 2.75) is 13.5 Å². The molecule has 8 aromatic rings. The van der Waals surface area contributed by atoms with E-state index < -0.39 is 0 Å². The van der Waals surface area contributed by atoms with Crippen LogP contribution in [-0.2, 0) is 6.54 Å². The minimum atomic E-state index is 0. The van der Waals surface area contributed by atoms with Crippen molar-refractivity contribution in [2.75, 3.05) is 0 Å². The number of nitrogens with one attached hydrogen (secondary N) is 1. The summed E-state index contributed by atoms with van der Waals surface area (Å²) in [5, 5.41) is 4.64. The first-order chi connectivity index (χ1) is 21.6. The minimum Gasteiger partial charge on any atom is -1.00 e. The maximum atomic E-state index is 12.9. The number of aromatic amines is 1. The molecule has 7 heteroatoms. The predicted molar refractivity (Wildman–Crippen MR) is 175 cm³/mol. The third-order valence-electron chi connectivity index (χ3n) is 7.89. The maximum Gasteiger partial charge on any atom is 0.227 e. The number of hydrogen-bond donors (Lipinski definition) is 1. The third-order valence-corrected chi connectivity index (χ3v) is 7.89. The summed E-state index contributed by atoms with van der Waals surface area (Å²) < 4.78 is 4.01. The lowest BCUT2D eigenvalue weighted by atomic mass is 10.1. The topological polar surface area (TPSA) is 71.6 Å². The number of benzene rings is 4. The summed E-state index contributed by atoms with van der Waals surface area (Å²) >= 11 is 0. The van der Waals surface area contributed by atoms with Crippen LogP contribution in [0.15, 0.2) is 140 Å². The number of nitrogens with zero attached hydrogens (tertiary/aromatic N) is 3. The van der Waals surface area contributed by atoms with Gasteiger partial charge in [-0.25, -0.2) is 4.98 Å². The molecule has 1 N–H and O–H groups in total. The van der Waals surface area contributed by atoms with E-state index in [1.807, 2.05) is 120 Å². The lowest BCUT2D eigenvalue weighted by molar-refractivity contribution is -0.683. The van der Waals surface area contributed by atoms with E-state index in [9.17, 15) is 9.59 Å². The number of Topliss-reactive ketones (excluding diaryl/α,β-unsaturated/α-hetero) is 2. The highest BCUT2D eigenvalue weighted by atomic mass is 127. The molecule has 0 aliphatic rings. The summed E-state index contributed by atoms with van der Waals surface area (Å²) in [5.41, 5.74) is 5.65. The van der Waals surface area contributed by atoms with Crippen LogP contribution in [0, 0.1) is 0 Å². The van der Waals surface area contributed by atoms with Gasteiger partial charge in [0.15, 0.2) is 18.2 Å². The Morgan fingerprint density at radius 1 is 0.667 bits per heavy atom. The van der Waals surface area contributed by atoms with E-state index in [-0.39, 0.29) is 35.5 Å². The van der Waals surface area contributed by atoms with Crippen LogP contribution in [0.2, 0.25) is 0 Å². The lowest BCUT2D eigenvalue weighted by Gasteiger charge is -2.07. The first-order valence-corrected chi connectivity index (χ1v) is 14.5. The van der Waals surface area contributed by atoms with Gasteiger partial charge >= 0.3 is 0 Å². The van der Waals surface area contributed by atoms with Crippen molar-refractivity contribution in [3.63, 3.8) is 0 Å². The molecule has 0 radical (unpaired) electrons. The molecular weight excluding hydrogens is 671 g/mol. The number of rotatable bonds is 5. The fourth-order valence-electron chi connectivity index (χ4n) is 5.75. The largest absolute Gasteiger partial charge is 1.00 e. The fraction of sp³-hybridized carbons (Fsp3) is 0.0526. The molecule has 0 spiro atoms. The molecule has 220 valence electrons. The van der Waals surface area contributed by atoms with E-state index in [2.05, 4.69) is 32.7 Å². The normalized spacial score (nSPS) is 10.9. The van der Waals surface area contributed by atoms with Gasteiger partial charge in [-0.3, -0.25) is 14.2 Å². The second-order valence-electron chi connectivity index (χ2n) is 10.7. The highest BCUT2D eigenvalue weighted by Gasteiger charge is 2.17. The van der Waals surface area contributed by atoms with Gasteiger partial charge in [-0.1, -0.05) is 72.8 Å². The Labute approximate surface area is 277 Å². The molecule has 0 saturated heterocycles. The van der Waals surface area contributed by atoms with Crippen LogP contribution in [0.3, 0.4) is 0 Å². The van der Waals surface area contributed by atoms with Gasteiger partial charge in [0.1, 0.15) is 5.82 Å². The molecular formula is C38H29IN4O2. The molecule has 0 atom stereocenters. The molecule has 0 aliphatic carbocycles. The summed E-state index contributed by atoms with van der Waals surface area (Å²) in [6.07, 6.45) is 5.60. The number of H-pyrrole nitrogens is 1. The Morgan fingerprint density at radius 3 is 2.11 bits per heavy atom. The van der Waals surface area contributed by atoms with Gasteiger partial charge in [0, 0.05) is 62.0 Å². The monoisotopic (exact) mass is 700 g/mol. The molecule has 4 aromatic heterocycles. The van der Waals surface area contributed by atoms with E-state index in [1.165, 1.54) is 10.8 Å². The Kier molecular flexibility index (Phi) is 8.53. The van der Waals surface area contributed by atoms with E-state index in [4.69, 9.17) is 0 Å². The van der Waals surface area contributed by atoms with Gasteiger partial charge in [-0.05, 0) is 43.3 Å². The molecule has 0 fully saturated rings. The van der Waals surface area contributed by atoms with Crippen LogP contribution >= 0.6 is 0 Å². The number of carbonyl (C=O) groups excluding carboxylic acids is 2. The molecule has 0 bridgehead atoms. The smallest absolute Gasteiger partial charge is 0.227 e. The first-order valence-electron chi connectivity index (χ1n) is 14.5. The van der Waals surface area contributed by atoms with Crippen molar-refractivity contribution in [3.8, 4) is 5.82 Å². The number of halogens is 1. The zero-order valence-corrected chi connectivity index (χ0v) is 26.7. The number of aromatic nitrogens is 4. The standard InChI is InChI=1S/C24H18N3O.C14H11NO.HI/c28-23(17-26-14-6-1-7-15-26)18-11-12-20-19-8-2-3-9-21(19)27(22(20)16-18)24-10-4-5-13-25-24;1-9(16)10-6-7-12-11-4-2-3-5-13(11)15-14(12)8-10;/h1-16H,17H2;2-8,15H,1H3;1H/q+1;;/p-1. The van der Waals surface area contributed by atoms with Crippen molar-refractivity contribution in [1.82, 2.24) is 14.5 Å². The number of ketones is 2. The van der Waals surface area contributed by atoms with E-state index in [0.29, 0.717) is 12.1 Å². The molecule has 0 amide bonds. The second-order valence-corrected chi connectivity index (χ2v) is 10.7. The first kappa shape index (κ1) is 29.9. The number of carbonyl (C=O) groups is 2. The van der Waals surface area contributed by atoms with Gasteiger partial charge in [-0.15, -0.1) is 0 Å².